The number of ether oxygens (including phenoxy) is 2. The van der Waals surface area contributed by atoms with E-state index in [0.29, 0.717) is 24.5 Å². The summed E-state index contributed by atoms with van der Waals surface area (Å²) in [6.45, 7) is 12.3. The summed E-state index contributed by atoms with van der Waals surface area (Å²) in [5.41, 5.74) is 1.72. The molecule has 0 radical (unpaired) electrons. The first-order chi connectivity index (χ1) is 16.8. The molecule has 3 aromatic rings. The molecule has 0 atom stereocenters. The van der Waals surface area contributed by atoms with Crippen LogP contribution in [0.1, 0.15) is 52.7 Å². The smallest absolute Gasteiger partial charge is 0.419 e. The normalized spacial score (nSPS) is 12.2. The van der Waals surface area contributed by atoms with E-state index in [2.05, 4.69) is 0 Å². The molecule has 1 heterocycles. The number of benzene rings is 2. The number of nitrogens with zero attached hydrogens (tertiary/aromatic N) is 2. The zero-order valence-electron chi connectivity index (χ0n) is 21.9. The quantitative estimate of drug-likeness (QED) is 0.253. The van der Waals surface area contributed by atoms with Crippen molar-refractivity contribution in [3.05, 3.63) is 83.2 Å². The molecule has 0 saturated heterocycles. The van der Waals surface area contributed by atoms with Gasteiger partial charge in [0, 0.05) is 42.0 Å². The fourth-order valence-corrected chi connectivity index (χ4v) is 3.83. The Bertz CT molecular complexity index is 1230. The molecule has 7 heteroatoms. The number of para-hydroxylation sites is 1. The largest absolute Gasteiger partial charge is 0.457 e. The molecule has 1 aromatic heterocycles. The van der Waals surface area contributed by atoms with E-state index in [1.165, 1.54) is 6.08 Å². The molecule has 3 rings (SSSR count). The molecule has 0 aliphatic carbocycles. The van der Waals surface area contributed by atoms with Crippen molar-refractivity contribution in [2.24, 2.45) is 0 Å². The highest BCUT2D eigenvalue weighted by Crippen LogP contribution is 2.24. The van der Waals surface area contributed by atoms with Crippen LogP contribution in [0, 0.1) is 0 Å². The highest BCUT2D eigenvalue weighted by molar-refractivity contribution is 6.30. The lowest BCUT2D eigenvalue weighted by Gasteiger charge is -2.22. The number of carbonyl (C=O) groups is 2. The van der Waals surface area contributed by atoms with Gasteiger partial charge < -0.3 is 14.4 Å². The van der Waals surface area contributed by atoms with Crippen molar-refractivity contribution in [1.29, 1.82) is 0 Å². The summed E-state index contributed by atoms with van der Waals surface area (Å²) in [5, 5.41) is 1.66. The Hall–Kier alpha value is -3.25. The SMILES string of the molecule is CC(C)(C)OC(=O)/C=C/N(CCc1cn(C(=O)OC(C)(C)C)c2ccccc12)Cc1ccc(Cl)cc1. The molecule has 2 aromatic carbocycles. The Morgan fingerprint density at radius 1 is 0.944 bits per heavy atom. The maximum atomic E-state index is 12.8. The molecule has 0 saturated carbocycles. The number of hydrogen-bond acceptors (Lipinski definition) is 5. The summed E-state index contributed by atoms with van der Waals surface area (Å²) < 4.78 is 12.6. The van der Waals surface area contributed by atoms with Crippen LogP contribution in [-0.2, 0) is 27.2 Å². The number of rotatable bonds is 7. The summed E-state index contributed by atoms with van der Waals surface area (Å²) in [6.07, 6.45) is 5.30. The molecule has 6 nitrogen and oxygen atoms in total. The molecular formula is C29H35ClN2O4. The molecule has 192 valence electrons. The van der Waals surface area contributed by atoms with Crippen molar-refractivity contribution in [3.63, 3.8) is 0 Å². The number of fused-ring (bicyclic) bond motifs is 1. The molecule has 0 N–H and O–H groups in total. The van der Waals surface area contributed by atoms with Gasteiger partial charge in [0.15, 0.2) is 0 Å². The van der Waals surface area contributed by atoms with Gasteiger partial charge in [-0.15, -0.1) is 0 Å². The molecular weight excluding hydrogens is 476 g/mol. The van der Waals surface area contributed by atoms with Crippen molar-refractivity contribution in [1.82, 2.24) is 9.47 Å². The summed E-state index contributed by atoms with van der Waals surface area (Å²) in [5.74, 6) is -0.398. The Labute approximate surface area is 218 Å². The van der Waals surface area contributed by atoms with E-state index in [1.807, 2.05) is 101 Å². The summed E-state index contributed by atoms with van der Waals surface area (Å²) in [6, 6.07) is 15.4. The minimum Gasteiger partial charge on any atom is -0.457 e. The highest BCUT2D eigenvalue weighted by atomic mass is 35.5. The Balaban J connectivity index is 1.83. The average molecular weight is 511 g/mol. The van der Waals surface area contributed by atoms with E-state index in [1.54, 1.807) is 10.8 Å². The third kappa shape index (κ3) is 8.16. The minimum atomic E-state index is -0.593. The lowest BCUT2D eigenvalue weighted by atomic mass is 10.1. The van der Waals surface area contributed by atoms with Gasteiger partial charge in [-0.2, -0.15) is 0 Å². The lowest BCUT2D eigenvalue weighted by molar-refractivity contribution is -0.148. The maximum absolute atomic E-state index is 12.8. The van der Waals surface area contributed by atoms with Crippen LogP contribution in [0.4, 0.5) is 4.79 Å². The van der Waals surface area contributed by atoms with Gasteiger partial charge >= 0.3 is 12.1 Å². The van der Waals surface area contributed by atoms with Crippen LogP contribution < -0.4 is 0 Å². The van der Waals surface area contributed by atoms with Crippen LogP contribution in [0.5, 0.6) is 0 Å². The second-order valence-corrected chi connectivity index (χ2v) is 11.2. The predicted octanol–water partition coefficient (Wildman–Crippen LogP) is 6.98. The molecule has 0 aliphatic rings. The van der Waals surface area contributed by atoms with Gasteiger partial charge in [-0.3, -0.25) is 4.57 Å². The third-order valence-electron chi connectivity index (χ3n) is 5.18. The highest BCUT2D eigenvalue weighted by Gasteiger charge is 2.21. The number of hydrogen-bond donors (Lipinski definition) is 0. The van der Waals surface area contributed by atoms with E-state index in [9.17, 15) is 9.59 Å². The van der Waals surface area contributed by atoms with E-state index in [4.69, 9.17) is 21.1 Å². The first-order valence-electron chi connectivity index (χ1n) is 12.0. The molecule has 36 heavy (non-hydrogen) atoms. The van der Waals surface area contributed by atoms with E-state index in [-0.39, 0.29) is 0 Å². The maximum Gasteiger partial charge on any atom is 0.419 e. The first-order valence-corrected chi connectivity index (χ1v) is 12.4. The Morgan fingerprint density at radius 2 is 1.58 bits per heavy atom. The fourth-order valence-electron chi connectivity index (χ4n) is 3.71. The lowest BCUT2D eigenvalue weighted by Crippen LogP contribution is -2.26. The first kappa shape index (κ1) is 27.3. The standard InChI is InChI=1S/C29H35ClN2O4/c1-28(2,3)35-26(33)16-18-31(19-21-11-13-23(30)14-12-21)17-15-22-20-32(27(34)36-29(4,5)6)25-10-8-7-9-24(22)25/h7-14,16,18,20H,15,17,19H2,1-6H3/b18-16+. The summed E-state index contributed by atoms with van der Waals surface area (Å²) >= 11 is 6.05. The molecule has 0 unspecified atom stereocenters. The van der Waals surface area contributed by atoms with Crippen LogP contribution in [0.2, 0.25) is 5.02 Å². The van der Waals surface area contributed by atoms with Crippen LogP contribution in [0.25, 0.3) is 10.9 Å². The molecule has 0 amide bonds. The van der Waals surface area contributed by atoms with Gasteiger partial charge in [-0.05, 0) is 77.3 Å². The predicted molar refractivity (Wildman–Crippen MR) is 144 cm³/mol. The fraction of sp³-hybridized carbons (Fsp3) is 0.379. The molecule has 0 bridgehead atoms. The van der Waals surface area contributed by atoms with Gasteiger partial charge in [0.1, 0.15) is 11.2 Å². The average Bonchev–Trinajstić information content (AvgIpc) is 3.14. The number of carbonyl (C=O) groups excluding carboxylic acids is 2. The molecule has 0 spiro atoms. The number of aromatic nitrogens is 1. The Morgan fingerprint density at radius 3 is 2.22 bits per heavy atom. The van der Waals surface area contributed by atoms with Gasteiger partial charge in [0.25, 0.3) is 0 Å². The van der Waals surface area contributed by atoms with Crippen LogP contribution in [0.15, 0.2) is 67.0 Å². The van der Waals surface area contributed by atoms with Crippen molar-refractivity contribution in [2.75, 3.05) is 6.54 Å². The van der Waals surface area contributed by atoms with E-state index >= 15 is 0 Å². The van der Waals surface area contributed by atoms with Gasteiger partial charge in [-0.1, -0.05) is 41.9 Å². The van der Waals surface area contributed by atoms with Crippen LogP contribution >= 0.6 is 11.6 Å². The van der Waals surface area contributed by atoms with Gasteiger partial charge in [-0.25, -0.2) is 9.59 Å². The van der Waals surface area contributed by atoms with Crippen LogP contribution in [0.3, 0.4) is 0 Å². The second kappa shape index (κ2) is 11.2. The summed E-state index contributed by atoms with van der Waals surface area (Å²) in [7, 11) is 0. The van der Waals surface area contributed by atoms with Crippen molar-refractivity contribution < 1.29 is 19.1 Å². The topological polar surface area (TPSA) is 60.8 Å². The Kier molecular flexibility index (Phi) is 8.51. The van der Waals surface area contributed by atoms with Gasteiger partial charge in [0.05, 0.1) is 5.52 Å². The third-order valence-corrected chi connectivity index (χ3v) is 5.43. The number of halogens is 1. The zero-order valence-corrected chi connectivity index (χ0v) is 22.6. The van der Waals surface area contributed by atoms with E-state index in [0.717, 1.165) is 22.0 Å². The zero-order chi connectivity index (χ0) is 26.5. The monoisotopic (exact) mass is 510 g/mol. The number of esters is 1. The van der Waals surface area contributed by atoms with Crippen molar-refractivity contribution in [3.8, 4) is 0 Å². The van der Waals surface area contributed by atoms with Crippen LogP contribution in [-0.4, -0.2) is 39.3 Å². The van der Waals surface area contributed by atoms with Gasteiger partial charge in [0.2, 0.25) is 0 Å². The van der Waals surface area contributed by atoms with E-state index < -0.39 is 23.3 Å². The minimum absolute atomic E-state index is 0.398. The molecule has 0 aliphatic heterocycles. The molecule has 0 fully saturated rings. The second-order valence-electron chi connectivity index (χ2n) is 10.7. The van der Waals surface area contributed by atoms with Crippen molar-refractivity contribution in [2.45, 2.75) is 65.7 Å². The summed E-state index contributed by atoms with van der Waals surface area (Å²) in [4.78, 5) is 27.2. The van der Waals surface area contributed by atoms with Crippen molar-refractivity contribution >= 4 is 34.6 Å².